The summed E-state index contributed by atoms with van der Waals surface area (Å²) in [6.45, 7) is 2.84. The fourth-order valence-electron chi connectivity index (χ4n) is 2.56. The lowest BCUT2D eigenvalue weighted by atomic mass is 10.1. The van der Waals surface area contributed by atoms with Gasteiger partial charge in [-0.15, -0.1) is 0 Å². The van der Waals surface area contributed by atoms with Crippen molar-refractivity contribution in [1.82, 2.24) is 0 Å². The maximum atomic E-state index is 12.6. The van der Waals surface area contributed by atoms with Crippen molar-refractivity contribution < 1.29 is 18.7 Å². The topological polar surface area (TPSA) is 60.7 Å². The van der Waals surface area contributed by atoms with E-state index in [0.717, 1.165) is 16.7 Å². The number of carbonyl (C=O) groups is 1. The van der Waals surface area contributed by atoms with Gasteiger partial charge >= 0.3 is 0 Å². The van der Waals surface area contributed by atoms with Crippen LogP contribution in [0.25, 0.3) is 11.0 Å². The molecule has 24 heavy (non-hydrogen) atoms. The van der Waals surface area contributed by atoms with Gasteiger partial charge in [0, 0.05) is 23.7 Å². The first-order chi connectivity index (χ1) is 11.7. The van der Waals surface area contributed by atoms with Crippen LogP contribution in [0.2, 0.25) is 0 Å². The number of hydrogen-bond donors (Lipinski definition) is 1. The SMILES string of the molecule is CCOc1ccc(NC(=O)c2oc3ccccc3c2COC)cc1. The van der Waals surface area contributed by atoms with Gasteiger partial charge in [0.2, 0.25) is 0 Å². The third-order valence-corrected chi connectivity index (χ3v) is 3.62. The van der Waals surface area contributed by atoms with E-state index < -0.39 is 0 Å². The lowest BCUT2D eigenvalue weighted by molar-refractivity contribution is 0.0992. The molecular weight excluding hydrogens is 306 g/mol. The van der Waals surface area contributed by atoms with Gasteiger partial charge in [-0.05, 0) is 37.3 Å². The summed E-state index contributed by atoms with van der Waals surface area (Å²) < 4.78 is 16.3. The molecule has 1 aromatic heterocycles. The van der Waals surface area contributed by atoms with E-state index in [4.69, 9.17) is 13.9 Å². The van der Waals surface area contributed by atoms with Gasteiger partial charge in [-0.2, -0.15) is 0 Å². The zero-order valence-corrected chi connectivity index (χ0v) is 13.7. The molecule has 0 spiro atoms. The van der Waals surface area contributed by atoms with Gasteiger partial charge in [0.1, 0.15) is 11.3 Å². The fourth-order valence-corrected chi connectivity index (χ4v) is 2.56. The molecule has 124 valence electrons. The first kappa shape index (κ1) is 16.1. The minimum atomic E-state index is -0.303. The molecule has 3 rings (SSSR count). The molecule has 2 aromatic carbocycles. The molecule has 0 saturated carbocycles. The second-order valence-electron chi connectivity index (χ2n) is 5.25. The average molecular weight is 325 g/mol. The van der Waals surface area contributed by atoms with Gasteiger partial charge < -0.3 is 19.2 Å². The number of anilines is 1. The van der Waals surface area contributed by atoms with Crippen LogP contribution in [0.3, 0.4) is 0 Å². The zero-order valence-electron chi connectivity index (χ0n) is 13.7. The number of rotatable bonds is 6. The van der Waals surface area contributed by atoms with Crippen molar-refractivity contribution in [2.75, 3.05) is 19.0 Å². The number of amides is 1. The molecule has 3 aromatic rings. The van der Waals surface area contributed by atoms with E-state index in [-0.39, 0.29) is 11.7 Å². The lowest BCUT2D eigenvalue weighted by Gasteiger charge is -2.07. The molecule has 0 saturated heterocycles. The lowest BCUT2D eigenvalue weighted by Crippen LogP contribution is -2.13. The average Bonchev–Trinajstić information content (AvgIpc) is 2.96. The predicted octanol–water partition coefficient (Wildman–Crippen LogP) is 4.23. The minimum Gasteiger partial charge on any atom is -0.494 e. The Bertz CT molecular complexity index is 836. The van der Waals surface area contributed by atoms with Crippen LogP contribution in [0.5, 0.6) is 5.75 Å². The van der Waals surface area contributed by atoms with E-state index in [0.29, 0.717) is 24.5 Å². The van der Waals surface area contributed by atoms with E-state index in [9.17, 15) is 4.79 Å². The highest BCUT2D eigenvalue weighted by molar-refractivity contribution is 6.06. The highest BCUT2D eigenvalue weighted by Crippen LogP contribution is 2.27. The van der Waals surface area contributed by atoms with Gasteiger partial charge in [0.05, 0.1) is 13.2 Å². The molecule has 0 fully saturated rings. The largest absolute Gasteiger partial charge is 0.494 e. The van der Waals surface area contributed by atoms with Crippen molar-refractivity contribution in [3.63, 3.8) is 0 Å². The molecule has 1 heterocycles. The summed E-state index contributed by atoms with van der Waals surface area (Å²) in [4.78, 5) is 12.6. The van der Waals surface area contributed by atoms with Crippen molar-refractivity contribution in [3.8, 4) is 5.75 Å². The van der Waals surface area contributed by atoms with Crippen LogP contribution in [0.1, 0.15) is 23.0 Å². The number of para-hydroxylation sites is 1. The summed E-state index contributed by atoms with van der Waals surface area (Å²) in [5.41, 5.74) is 2.09. The van der Waals surface area contributed by atoms with Crippen molar-refractivity contribution >= 4 is 22.6 Å². The van der Waals surface area contributed by atoms with Gasteiger partial charge in [-0.3, -0.25) is 4.79 Å². The summed E-state index contributed by atoms with van der Waals surface area (Å²) in [6, 6.07) is 14.7. The van der Waals surface area contributed by atoms with Gasteiger partial charge in [-0.1, -0.05) is 18.2 Å². The second kappa shape index (κ2) is 7.19. The highest BCUT2D eigenvalue weighted by Gasteiger charge is 2.20. The number of benzene rings is 2. The summed E-state index contributed by atoms with van der Waals surface area (Å²) in [6.07, 6.45) is 0. The normalized spacial score (nSPS) is 10.8. The molecule has 0 aliphatic carbocycles. The maximum absolute atomic E-state index is 12.6. The monoisotopic (exact) mass is 325 g/mol. The van der Waals surface area contributed by atoms with Gasteiger partial charge in [0.25, 0.3) is 5.91 Å². The van der Waals surface area contributed by atoms with E-state index in [1.807, 2.05) is 43.3 Å². The van der Waals surface area contributed by atoms with E-state index in [1.165, 1.54) is 0 Å². The quantitative estimate of drug-likeness (QED) is 0.737. The third kappa shape index (κ3) is 3.26. The molecule has 0 unspecified atom stereocenters. The van der Waals surface area contributed by atoms with Gasteiger partial charge in [-0.25, -0.2) is 0 Å². The number of hydrogen-bond acceptors (Lipinski definition) is 4. The molecule has 1 N–H and O–H groups in total. The molecule has 5 nitrogen and oxygen atoms in total. The van der Waals surface area contributed by atoms with Crippen LogP contribution in [0.15, 0.2) is 52.9 Å². The van der Waals surface area contributed by atoms with Gasteiger partial charge in [0.15, 0.2) is 5.76 Å². The third-order valence-electron chi connectivity index (χ3n) is 3.62. The molecule has 0 radical (unpaired) electrons. The maximum Gasteiger partial charge on any atom is 0.291 e. The second-order valence-corrected chi connectivity index (χ2v) is 5.25. The first-order valence-electron chi connectivity index (χ1n) is 7.76. The number of carbonyl (C=O) groups excluding carboxylic acids is 1. The Labute approximate surface area is 140 Å². The predicted molar refractivity (Wildman–Crippen MR) is 92.5 cm³/mol. The zero-order chi connectivity index (χ0) is 16.9. The van der Waals surface area contributed by atoms with Crippen LogP contribution in [-0.4, -0.2) is 19.6 Å². The minimum absolute atomic E-state index is 0.270. The number of fused-ring (bicyclic) bond motifs is 1. The van der Waals surface area contributed by atoms with Crippen LogP contribution in [-0.2, 0) is 11.3 Å². The van der Waals surface area contributed by atoms with E-state index in [2.05, 4.69) is 5.32 Å². The first-order valence-corrected chi connectivity index (χ1v) is 7.76. The summed E-state index contributed by atoms with van der Waals surface area (Å²) in [5, 5.41) is 3.73. The number of methoxy groups -OCH3 is 1. The van der Waals surface area contributed by atoms with Crippen LogP contribution >= 0.6 is 0 Å². The summed E-state index contributed by atoms with van der Waals surface area (Å²) >= 11 is 0. The van der Waals surface area contributed by atoms with E-state index in [1.54, 1.807) is 19.2 Å². The Kier molecular flexibility index (Phi) is 4.82. The number of furan rings is 1. The molecule has 1 amide bonds. The number of ether oxygens (including phenoxy) is 2. The summed E-state index contributed by atoms with van der Waals surface area (Å²) in [5.74, 6) is 0.730. The highest BCUT2D eigenvalue weighted by atomic mass is 16.5. The van der Waals surface area contributed by atoms with Crippen molar-refractivity contribution in [2.45, 2.75) is 13.5 Å². The molecule has 5 heteroatoms. The molecule has 0 aliphatic rings. The summed E-state index contributed by atoms with van der Waals surface area (Å²) in [7, 11) is 1.59. The van der Waals surface area contributed by atoms with E-state index >= 15 is 0 Å². The van der Waals surface area contributed by atoms with Crippen LogP contribution < -0.4 is 10.1 Å². The van der Waals surface area contributed by atoms with Crippen molar-refractivity contribution in [1.29, 1.82) is 0 Å². The Balaban J connectivity index is 1.86. The standard InChI is InChI=1S/C19H19NO4/c1-3-23-14-10-8-13(9-11-14)20-19(21)18-16(12-22-2)15-6-4-5-7-17(15)24-18/h4-11H,3,12H2,1-2H3,(H,20,21). The fraction of sp³-hybridized carbons (Fsp3) is 0.211. The molecule has 0 atom stereocenters. The number of nitrogens with one attached hydrogen (secondary N) is 1. The molecular formula is C19H19NO4. The van der Waals surface area contributed by atoms with Crippen molar-refractivity contribution in [2.24, 2.45) is 0 Å². The van der Waals surface area contributed by atoms with Crippen LogP contribution in [0.4, 0.5) is 5.69 Å². The molecule has 0 bridgehead atoms. The smallest absolute Gasteiger partial charge is 0.291 e. The Morgan fingerprint density at radius 1 is 1.12 bits per heavy atom. The Hall–Kier alpha value is -2.79. The molecule has 0 aliphatic heterocycles. The van der Waals surface area contributed by atoms with Crippen LogP contribution in [0, 0.1) is 0 Å². The van der Waals surface area contributed by atoms with Crippen molar-refractivity contribution in [3.05, 3.63) is 59.9 Å². The Morgan fingerprint density at radius 2 is 1.88 bits per heavy atom. The Morgan fingerprint density at radius 3 is 2.58 bits per heavy atom.